The van der Waals surface area contributed by atoms with E-state index >= 15 is 0 Å². The van der Waals surface area contributed by atoms with Crippen molar-refractivity contribution in [3.05, 3.63) is 21.9 Å². The van der Waals surface area contributed by atoms with E-state index in [1.165, 1.54) is 25.5 Å². The average molecular weight is 254 g/mol. The topological polar surface area (TPSA) is 58.6 Å². The van der Waals surface area contributed by atoms with E-state index in [9.17, 15) is 9.59 Å². The summed E-state index contributed by atoms with van der Waals surface area (Å²) in [5.41, 5.74) is 0.920. The fraction of sp³-hybridized carbons (Fsp3) is 0.455. The second-order valence-corrected chi connectivity index (χ2v) is 4.77. The first-order chi connectivity index (χ1) is 8.13. The molecule has 0 spiro atoms. The Bertz CT molecular complexity index is 444. The highest BCUT2D eigenvalue weighted by molar-refractivity contribution is 7.12. The molecule has 17 heavy (non-hydrogen) atoms. The molecule has 1 N–H and O–H groups in total. The lowest BCUT2D eigenvalue weighted by atomic mass is 9.93. The minimum atomic E-state index is -0.302. The van der Waals surface area contributed by atoms with Gasteiger partial charge in [0.25, 0.3) is 0 Å². The van der Waals surface area contributed by atoms with Crippen molar-refractivity contribution in [1.29, 1.82) is 0 Å². The van der Waals surface area contributed by atoms with Gasteiger partial charge >= 0.3 is 6.03 Å². The molecule has 0 saturated carbocycles. The molecule has 1 heterocycles. The summed E-state index contributed by atoms with van der Waals surface area (Å²) in [6.45, 7) is 0. The summed E-state index contributed by atoms with van der Waals surface area (Å²) in [4.78, 5) is 28.9. The number of urea groups is 1. The van der Waals surface area contributed by atoms with Gasteiger partial charge in [0.15, 0.2) is 5.78 Å². The van der Waals surface area contributed by atoms with Crippen LogP contribution in [-0.2, 0) is 4.84 Å². The molecule has 2 rings (SSSR count). The highest BCUT2D eigenvalue weighted by Crippen LogP contribution is 2.33. The molecule has 0 radical (unpaired) electrons. The second kappa shape index (κ2) is 4.85. The molecule has 1 atom stereocenters. The normalized spacial score (nSPS) is 18.7. The van der Waals surface area contributed by atoms with Crippen molar-refractivity contribution in [2.75, 3.05) is 14.2 Å². The van der Waals surface area contributed by atoms with Gasteiger partial charge in [0.05, 0.1) is 18.0 Å². The van der Waals surface area contributed by atoms with Crippen molar-refractivity contribution in [1.82, 2.24) is 10.4 Å². The summed E-state index contributed by atoms with van der Waals surface area (Å²) < 4.78 is 0. The monoisotopic (exact) mass is 254 g/mol. The standard InChI is InChI=1S/C11H14N2O3S/c1-13(16-2)11(15)12-8-3-4-9(14)10-7(8)5-6-17-10/h5-6,8H,3-4H2,1-2H3,(H,12,15). The predicted octanol–water partition coefficient (Wildman–Crippen LogP) is 1.97. The number of hydrogen-bond acceptors (Lipinski definition) is 4. The van der Waals surface area contributed by atoms with Crippen LogP contribution in [0.5, 0.6) is 0 Å². The van der Waals surface area contributed by atoms with Gasteiger partial charge in [-0.2, -0.15) is 0 Å². The molecule has 0 saturated heterocycles. The molecule has 1 aliphatic carbocycles. The van der Waals surface area contributed by atoms with Gasteiger partial charge < -0.3 is 5.32 Å². The molecular formula is C11H14N2O3S. The molecule has 1 aliphatic rings. The number of ketones is 1. The van der Waals surface area contributed by atoms with Gasteiger partial charge in [-0.15, -0.1) is 11.3 Å². The van der Waals surface area contributed by atoms with Gasteiger partial charge in [0.1, 0.15) is 0 Å². The molecule has 0 bridgehead atoms. The van der Waals surface area contributed by atoms with E-state index in [2.05, 4.69) is 5.32 Å². The minimum Gasteiger partial charge on any atom is -0.329 e. The van der Waals surface area contributed by atoms with Crippen LogP contribution >= 0.6 is 11.3 Å². The van der Waals surface area contributed by atoms with Crippen LogP contribution in [-0.4, -0.2) is 31.0 Å². The smallest absolute Gasteiger partial charge is 0.329 e. The van der Waals surface area contributed by atoms with Gasteiger partial charge in [0, 0.05) is 13.5 Å². The molecule has 92 valence electrons. The Morgan fingerprint density at radius 1 is 1.65 bits per heavy atom. The van der Waals surface area contributed by atoms with E-state index in [-0.39, 0.29) is 17.9 Å². The maximum absolute atomic E-state index is 11.7. The van der Waals surface area contributed by atoms with Crippen molar-refractivity contribution in [2.24, 2.45) is 0 Å². The van der Waals surface area contributed by atoms with Gasteiger partial charge in [-0.05, 0) is 23.4 Å². The fourth-order valence-electron chi connectivity index (χ4n) is 1.84. The molecule has 0 fully saturated rings. The number of nitrogens with one attached hydrogen (secondary N) is 1. The third-order valence-electron chi connectivity index (χ3n) is 2.84. The van der Waals surface area contributed by atoms with Crippen LogP contribution in [0.2, 0.25) is 0 Å². The lowest BCUT2D eigenvalue weighted by Gasteiger charge is -2.25. The zero-order valence-corrected chi connectivity index (χ0v) is 10.5. The first kappa shape index (κ1) is 12.1. The Balaban J connectivity index is 2.12. The van der Waals surface area contributed by atoms with E-state index in [0.29, 0.717) is 12.8 Å². The highest BCUT2D eigenvalue weighted by Gasteiger charge is 2.28. The number of hydrogen-bond donors (Lipinski definition) is 1. The largest absolute Gasteiger partial charge is 0.341 e. The number of carbonyl (C=O) groups excluding carboxylic acids is 2. The summed E-state index contributed by atoms with van der Waals surface area (Å²) in [5, 5.41) is 5.86. The highest BCUT2D eigenvalue weighted by atomic mass is 32.1. The van der Waals surface area contributed by atoms with Gasteiger partial charge in [0.2, 0.25) is 0 Å². The minimum absolute atomic E-state index is 0.0981. The maximum Gasteiger partial charge on any atom is 0.341 e. The maximum atomic E-state index is 11.7. The summed E-state index contributed by atoms with van der Waals surface area (Å²) in [7, 11) is 2.97. The Morgan fingerprint density at radius 3 is 3.12 bits per heavy atom. The van der Waals surface area contributed by atoms with Gasteiger partial charge in [-0.25, -0.2) is 9.86 Å². The van der Waals surface area contributed by atoms with Crippen molar-refractivity contribution in [3.63, 3.8) is 0 Å². The van der Waals surface area contributed by atoms with Crippen LogP contribution < -0.4 is 5.32 Å². The third kappa shape index (κ3) is 2.32. The van der Waals surface area contributed by atoms with Crippen molar-refractivity contribution in [2.45, 2.75) is 18.9 Å². The van der Waals surface area contributed by atoms with E-state index < -0.39 is 0 Å². The van der Waals surface area contributed by atoms with Crippen molar-refractivity contribution in [3.8, 4) is 0 Å². The number of thiophene rings is 1. The summed E-state index contributed by atoms with van der Waals surface area (Å²) in [6, 6.07) is 1.50. The number of hydroxylamine groups is 2. The molecule has 1 aromatic heterocycles. The van der Waals surface area contributed by atoms with Gasteiger partial charge in [-0.1, -0.05) is 0 Å². The molecular weight excluding hydrogens is 240 g/mol. The first-order valence-corrected chi connectivity index (χ1v) is 6.20. The molecule has 0 aromatic carbocycles. The Morgan fingerprint density at radius 2 is 2.41 bits per heavy atom. The molecule has 1 aromatic rings. The molecule has 0 aliphatic heterocycles. The number of Topliss-reactive ketones (excluding diaryl/α,β-unsaturated/α-hetero) is 1. The Labute approximate surface area is 103 Å². The van der Waals surface area contributed by atoms with Crippen LogP contribution in [0.4, 0.5) is 4.79 Å². The fourth-order valence-corrected chi connectivity index (χ4v) is 2.77. The van der Waals surface area contributed by atoms with Gasteiger partial charge in [-0.3, -0.25) is 9.63 Å². The summed E-state index contributed by atoms with van der Waals surface area (Å²) in [5.74, 6) is 0.167. The average Bonchev–Trinajstić information content (AvgIpc) is 2.81. The van der Waals surface area contributed by atoms with Crippen molar-refractivity contribution >= 4 is 23.2 Å². The van der Waals surface area contributed by atoms with E-state index in [0.717, 1.165) is 15.5 Å². The third-order valence-corrected chi connectivity index (χ3v) is 3.81. The van der Waals surface area contributed by atoms with Crippen molar-refractivity contribution < 1.29 is 14.4 Å². The molecule has 2 amide bonds. The lowest BCUT2D eigenvalue weighted by Crippen LogP contribution is -2.40. The van der Waals surface area contributed by atoms with Crippen LogP contribution in [0.25, 0.3) is 0 Å². The number of rotatable bonds is 2. The molecule has 5 nitrogen and oxygen atoms in total. The van der Waals surface area contributed by atoms with Crippen LogP contribution in [0.1, 0.15) is 34.1 Å². The number of fused-ring (bicyclic) bond motifs is 1. The Hall–Kier alpha value is -1.40. The van der Waals surface area contributed by atoms with Crippen LogP contribution in [0.3, 0.4) is 0 Å². The van der Waals surface area contributed by atoms with E-state index in [1.54, 1.807) is 0 Å². The SMILES string of the molecule is CON(C)C(=O)NC1CCC(=O)c2sccc21. The summed E-state index contributed by atoms with van der Waals surface area (Å²) >= 11 is 1.43. The lowest BCUT2D eigenvalue weighted by molar-refractivity contribution is -0.0657. The predicted molar refractivity (Wildman–Crippen MR) is 63.9 cm³/mol. The number of amides is 2. The number of nitrogens with zero attached hydrogens (tertiary/aromatic N) is 1. The zero-order valence-electron chi connectivity index (χ0n) is 9.73. The second-order valence-electron chi connectivity index (χ2n) is 3.85. The summed E-state index contributed by atoms with van der Waals surface area (Å²) in [6.07, 6.45) is 1.13. The quantitative estimate of drug-likeness (QED) is 0.821. The number of carbonyl (C=O) groups is 2. The molecule has 1 unspecified atom stereocenters. The first-order valence-electron chi connectivity index (χ1n) is 5.32. The van der Waals surface area contributed by atoms with Crippen LogP contribution in [0, 0.1) is 0 Å². The van der Waals surface area contributed by atoms with Crippen LogP contribution in [0.15, 0.2) is 11.4 Å². The zero-order chi connectivity index (χ0) is 12.4. The van der Waals surface area contributed by atoms with E-state index in [1.807, 2.05) is 11.4 Å². The van der Waals surface area contributed by atoms with E-state index in [4.69, 9.17) is 4.84 Å². The Kier molecular flexibility index (Phi) is 3.44. The molecule has 6 heteroatoms.